The van der Waals surface area contributed by atoms with E-state index in [-0.39, 0.29) is 23.1 Å². The maximum atomic E-state index is 11.8. The van der Waals surface area contributed by atoms with Crippen molar-refractivity contribution in [1.29, 1.82) is 5.26 Å². The largest absolute Gasteiger partial charge is 0.509 e. The predicted molar refractivity (Wildman–Crippen MR) is 137 cm³/mol. The SMILES string of the molecule is CC(C)(C)[Si](C)(C)OCc1ccc(C#N)n1C#CC[C@@H]1OC(=O)O[C@@H]1CO[Si](C)(C)C(C)(C)C. The van der Waals surface area contributed by atoms with Crippen LogP contribution in [0, 0.1) is 23.3 Å². The lowest BCUT2D eigenvalue weighted by molar-refractivity contribution is 0.0867. The monoisotopic (exact) mass is 504 g/mol. The molecule has 2 heterocycles. The standard InChI is InChI=1S/C25H40N2O5Si2/c1-24(2,3)33(7,8)29-17-20-14-13-19(16-26)27(20)15-11-12-21-22(32-23(28)31-21)18-30-34(9,10)25(4,5)6/h13-14,21-22H,12,17-18H2,1-10H3/t21-,22+/m0/s1. The lowest BCUT2D eigenvalue weighted by Crippen LogP contribution is -2.44. The summed E-state index contributed by atoms with van der Waals surface area (Å²) < 4.78 is 24.9. The molecule has 1 aliphatic rings. The van der Waals surface area contributed by atoms with Gasteiger partial charge in [-0.05, 0) is 48.4 Å². The summed E-state index contributed by atoms with van der Waals surface area (Å²) in [7, 11) is -3.94. The van der Waals surface area contributed by atoms with Gasteiger partial charge in [0.05, 0.1) is 25.3 Å². The Morgan fingerprint density at radius 2 is 1.53 bits per heavy atom. The molecule has 0 amide bonds. The molecular formula is C25H40N2O5Si2. The fourth-order valence-corrected chi connectivity index (χ4v) is 4.71. The number of hydrogen-bond acceptors (Lipinski definition) is 6. The lowest BCUT2D eigenvalue weighted by Gasteiger charge is -2.36. The quantitative estimate of drug-likeness (QED) is 0.257. The maximum absolute atomic E-state index is 11.8. The molecule has 1 saturated heterocycles. The number of aromatic nitrogens is 1. The Morgan fingerprint density at radius 1 is 0.971 bits per heavy atom. The third-order valence-corrected chi connectivity index (χ3v) is 16.3. The fourth-order valence-electron chi connectivity index (χ4n) is 2.76. The van der Waals surface area contributed by atoms with Gasteiger partial charge in [0.1, 0.15) is 11.8 Å². The van der Waals surface area contributed by atoms with E-state index in [4.69, 9.17) is 18.3 Å². The number of nitrogens with zero attached hydrogens (tertiary/aromatic N) is 2. The molecule has 0 aliphatic carbocycles. The van der Waals surface area contributed by atoms with Crippen LogP contribution in [0.5, 0.6) is 0 Å². The van der Waals surface area contributed by atoms with Crippen LogP contribution in [0.2, 0.25) is 36.3 Å². The predicted octanol–water partition coefficient (Wildman–Crippen LogP) is 6.01. The molecule has 0 aromatic carbocycles. The van der Waals surface area contributed by atoms with Gasteiger partial charge in [0, 0.05) is 6.04 Å². The van der Waals surface area contributed by atoms with Gasteiger partial charge in [-0.1, -0.05) is 47.5 Å². The maximum Gasteiger partial charge on any atom is 0.509 e. The number of nitriles is 1. The highest BCUT2D eigenvalue weighted by Crippen LogP contribution is 2.38. The third-order valence-electron chi connectivity index (χ3n) is 7.28. The van der Waals surface area contributed by atoms with Crippen LogP contribution in [0.4, 0.5) is 4.79 Å². The Bertz CT molecular complexity index is 984. The normalized spacial score (nSPS) is 19.1. The van der Waals surface area contributed by atoms with Crippen molar-refractivity contribution in [2.75, 3.05) is 6.61 Å². The van der Waals surface area contributed by atoms with E-state index in [1.165, 1.54) is 0 Å². The van der Waals surface area contributed by atoms with Gasteiger partial charge < -0.3 is 18.3 Å². The number of rotatable bonds is 7. The van der Waals surface area contributed by atoms with Gasteiger partial charge in [-0.2, -0.15) is 5.26 Å². The van der Waals surface area contributed by atoms with Gasteiger partial charge in [0.2, 0.25) is 0 Å². The second kappa shape index (κ2) is 10.3. The van der Waals surface area contributed by atoms with E-state index in [1.807, 2.05) is 6.07 Å². The van der Waals surface area contributed by atoms with Crippen LogP contribution in [0.3, 0.4) is 0 Å². The molecule has 0 bridgehead atoms. The number of carbonyl (C=O) groups is 1. The molecule has 1 fully saturated rings. The van der Waals surface area contributed by atoms with Crippen molar-refractivity contribution in [3.05, 3.63) is 23.5 Å². The van der Waals surface area contributed by atoms with Crippen molar-refractivity contribution in [3.63, 3.8) is 0 Å². The van der Waals surface area contributed by atoms with E-state index in [0.29, 0.717) is 12.3 Å². The number of carbonyl (C=O) groups excluding carboxylic acids is 1. The van der Waals surface area contributed by atoms with Crippen LogP contribution >= 0.6 is 0 Å². The summed E-state index contributed by atoms with van der Waals surface area (Å²) in [4.78, 5) is 11.8. The highest BCUT2D eigenvalue weighted by Gasteiger charge is 2.42. The summed E-state index contributed by atoms with van der Waals surface area (Å²) in [5, 5.41) is 9.65. The molecule has 2 rings (SSSR count). The van der Waals surface area contributed by atoms with Crippen molar-refractivity contribution >= 4 is 22.8 Å². The van der Waals surface area contributed by atoms with E-state index in [9.17, 15) is 10.1 Å². The van der Waals surface area contributed by atoms with Gasteiger partial charge in [-0.15, -0.1) is 0 Å². The Labute approximate surface area is 207 Å². The summed E-state index contributed by atoms with van der Waals surface area (Å²) in [6, 6.07) is 8.84. The molecule has 34 heavy (non-hydrogen) atoms. The fraction of sp³-hybridized carbons (Fsp3) is 0.680. The molecule has 0 N–H and O–H groups in total. The lowest BCUT2D eigenvalue weighted by atomic mass is 10.1. The van der Waals surface area contributed by atoms with E-state index in [0.717, 1.165) is 5.69 Å². The first-order chi connectivity index (χ1) is 15.5. The Kier molecular flexibility index (Phi) is 8.53. The Balaban J connectivity index is 2.11. The zero-order valence-electron chi connectivity index (χ0n) is 22.4. The summed E-state index contributed by atoms with van der Waals surface area (Å²) in [5.74, 6) is 3.07. The molecule has 1 aliphatic heterocycles. The first-order valence-electron chi connectivity index (χ1n) is 11.7. The molecule has 1 aromatic heterocycles. The van der Waals surface area contributed by atoms with Crippen LogP contribution in [0.15, 0.2) is 12.1 Å². The van der Waals surface area contributed by atoms with Crippen LogP contribution in [0.25, 0.3) is 0 Å². The van der Waals surface area contributed by atoms with E-state index >= 15 is 0 Å². The second-order valence-corrected chi connectivity index (χ2v) is 21.5. The minimum atomic E-state index is -1.99. The summed E-state index contributed by atoms with van der Waals surface area (Å²) in [5.41, 5.74) is 1.27. The van der Waals surface area contributed by atoms with Crippen molar-refractivity contribution in [3.8, 4) is 18.0 Å². The zero-order chi connectivity index (χ0) is 25.9. The van der Waals surface area contributed by atoms with E-state index < -0.39 is 35.0 Å². The molecular weight excluding hydrogens is 464 g/mol. The minimum Gasteiger partial charge on any atom is -0.426 e. The molecule has 0 saturated carbocycles. The highest BCUT2D eigenvalue weighted by molar-refractivity contribution is 6.74. The van der Waals surface area contributed by atoms with Gasteiger partial charge in [0.25, 0.3) is 0 Å². The summed E-state index contributed by atoms with van der Waals surface area (Å²) in [6.07, 6.45) is -1.43. The van der Waals surface area contributed by atoms with E-state index in [2.05, 4.69) is 85.8 Å². The van der Waals surface area contributed by atoms with Gasteiger partial charge in [-0.3, -0.25) is 4.57 Å². The molecule has 2 atom stereocenters. The Morgan fingerprint density at radius 3 is 2.09 bits per heavy atom. The van der Waals surface area contributed by atoms with Crippen molar-refractivity contribution in [2.24, 2.45) is 0 Å². The third kappa shape index (κ3) is 6.76. The zero-order valence-corrected chi connectivity index (χ0v) is 24.4. The van der Waals surface area contributed by atoms with Crippen LogP contribution in [0.1, 0.15) is 59.4 Å². The molecule has 0 unspecified atom stereocenters. The molecule has 0 spiro atoms. The smallest absolute Gasteiger partial charge is 0.426 e. The highest BCUT2D eigenvalue weighted by atomic mass is 28.4. The average Bonchev–Trinajstić information content (AvgIpc) is 3.25. The summed E-state index contributed by atoms with van der Waals surface area (Å²) in [6.45, 7) is 22.4. The number of cyclic esters (lactones) is 2. The second-order valence-electron chi connectivity index (χ2n) is 11.8. The number of hydrogen-bond donors (Lipinski definition) is 0. The van der Waals surface area contributed by atoms with Crippen molar-refractivity contribution in [1.82, 2.24) is 4.57 Å². The van der Waals surface area contributed by atoms with Crippen LogP contribution < -0.4 is 0 Å². The average molecular weight is 505 g/mol. The van der Waals surface area contributed by atoms with Crippen LogP contribution in [-0.4, -0.2) is 46.2 Å². The summed E-state index contributed by atoms with van der Waals surface area (Å²) >= 11 is 0. The van der Waals surface area contributed by atoms with Crippen molar-refractivity contribution < 1.29 is 23.1 Å². The van der Waals surface area contributed by atoms with Gasteiger partial charge in [-0.25, -0.2) is 4.79 Å². The van der Waals surface area contributed by atoms with Gasteiger partial charge in [0.15, 0.2) is 28.8 Å². The van der Waals surface area contributed by atoms with Crippen molar-refractivity contribution in [2.45, 2.75) is 103 Å². The first kappa shape index (κ1) is 28.2. The van der Waals surface area contributed by atoms with E-state index in [1.54, 1.807) is 10.6 Å². The Hall–Kier alpha value is -2.05. The number of ether oxygens (including phenoxy) is 2. The van der Waals surface area contributed by atoms with Crippen LogP contribution in [-0.2, 0) is 24.9 Å². The molecule has 7 nitrogen and oxygen atoms in total. The molecule has 188 valence electrons. The first-order valence-corrected chi connectivity index (χ1v) is 17.5. The molecule has 1 aromatic rings. The molecule has 9 heteroatoms. The molecule has 0 radical (unpaired) electrons. The van der Waals surface area contributed by atoms with Gasteiger partial charge >= 0.3 is 6.16 Å². The topological polar surface area (TPSA) is 82.7 Å². The minimum absolute atomic E-state index is 0.0524.